The van der Waals surface area contributed by atoms with Gasteiger partial charge < -0.3 is 5.11 Å². The van der Waals surface area contributed by atoms with Crippen molar-refractivity contribution in [3.05, 3.63) is 51.3 Å². The Morgan fingerprint density at radius 2 is 2.13 bits per heavy atom. The molecule has 0 aliphatic heterocycles. The molecule has 0 saturated heterocycles. The highest BCUT2D eigenvalue weighted by molar-refractivity contribution is 6.34. The van der Waals surface area contributed by atoms with Gasteiger partial charge in [0, 0.05) is 6.42 Å². The molecule has 23 heavy (non-hydrogen) atoms. The van der Waals surface area contributed by atoms with Crippen molar-refractivity contribution in [2.75, 3.05) is 0 Å². The second-order valence-corrected chi connectivity index (χ2v) is 7.01. The van der Waals surface area contributed by atoms with Gasteiger partial charge in [-0.15, -0.1) is 0 Å². The summed E-state index contributed by atoms with van der Waals surface area (Å²) in [7, 11) is 0. The summed E-state index contributed by atoms with van der Waals surface area (Å²) in [6, 6.07) is 5.66. The molecule has 120 valence electrons. The van der Waals surface area contributed by atoms with Gasteiger partial charge in [-0.25, -0.2) is 4.68 Å². The summed E-state index contributed by atoms with van der Waals surface area (Å²) in [5, 5.41) is 14.9. The molecule has 1 saturated carbocycles. The topological polar surface area (TPSA) is 55.1 Å². The van der Waals surface area contributed by atoms with Gasteiger partial charge in [0.2, 0.25) is 0 Å². The molecule has 1 unspecified atom stereocenters. The Morgan fingerprint density at radius 1 is 1.35 bits per heavy atom. The van der Waals surface area contributed by atoms with Crippen molar-refractivity contribution in [3.63, 3.8) is 0 Å². The van der Waals surface area contributed by atoms with E-state index in [9.17, 15) is 9.90 Å². The summed E-state index contributed by atoms with van der Waals surface area (Å²) >= 11 is 6.35. The van der Waals surface area contributed by atoms with Gasteiger partial charge in [0.15, 0.2) is 0 Å². The molecule has 1 heterocycles. The lowest BCUT2D eigenvalue weighted by Gasteiger charge is -2.19. The van der Waals surface area contributed by atoms with Crippen molar-refractivity contribution in [1.82, 2.24) is 9.78 Å². The average Bonchev–Trinajstić information content (AvgIpc) is 3.31. The molecule has 0 radical (unpaired) electrons. The maximum atomic E-state index is 13.1. The Labute approximate surface area is 140 Å². The number of aliphatic hydroxyl groups is 1. The van der Waals surface area contributed by atoms with Crippen LogP contribution >= 0.6 is 11.6 Å². The van der Waals surface area contributed by atoms with Crippen LogP contribution in [0.2, 0.25) is 5.02 Å². The van der Waals surface area contributed by atoms with E-state index in [4.69, 9.17) is 11.6 Å². The molecule has 4 nitrogen and oxygen atoms in total. The minimum Gasteiger partial charge on any atom is -0.393 e. The van der Waals surface area contributed by atoms with Crippen LogP contribution < -0.4 is 0 Å². The summed E-state index contributed by atoms with van der Waals surface area (Å²) in [6.45, 7) is 1.93. The van der Waals surface area contributed by atoms with Crippen LogP contribution in [-0.2, 0) is 12.8 Å². The lowest BCUT2D eigenvalue weighted by molar-refractivity contribution is 0.0933. The average molecular weight is 331 g/mol. The van der Waals surface area contributed by atoms with Crippen LogP contribution in [0.3, 0.4) is 0 Å². The highest BCUT2D eigenvalue weighted by Gasteiger charge is 2.32. The number of carbonyl (C=O) groups is 1. The van der Waals surface area contributed by atoms with Gasteiger partial charge in [0.1, 0.15) is 0 Å². The van der Waals surface area contributed by atoms with Crippen molar-refractivity contribution < 1.29 is 9.90 Å². The molecule has 4 rings (SSSR count). The monoisotopic (exact) mass is 330 g/mol. The van der Waals surface area contributed by atoms with Crippen molar-refractivity contribution in [2.45, 2.75) is 51.0 Å². The molecular weight excluding hydrogens is 312 g/mol. The van der Waals surface area contributed by atoms with E-state index in [2.05, 4.69) is 5.10 Å². The largest absolute Gasteiger partial charge is 0.393 e. The predicted octanol–water partition coefficient (Wildman–Crippen LogP) is 3.26. The smallest absolute Gasteiger partial charge is 0.280 e. The van der Waals surface area contributed by atoms with Gasteiger partial charge in [-0.1, -0.05) is 23.7 Å². The molecule has 1 fully saturated rings. The Kier molecular flexibility index (Phi) is 3.54. The zero-order chi connectivity index (χ0) is 16.1. The number of halogens is 1. The van der Waals surface area contributed by atoms with E-state index in [0.29, 0.717) is 22.9 Å². The van der Waals surface area contributed by atoms with Crippen molar-refractivity contribution in [2.24, 2.45) is 0 Å². The number of rotatable bonds is 2. The molecule has 2 aromatic rings. The Balaban J connectivity index is 1.82. The molecule has 1 N–H and O–H groups in total. The summed E-state index contributed by atoms with van der Waals surface area (Å²) < 4.78 is 1.47. The molecule has 5 heteroatoms. The Hall–Kier alpha value is -1.65. The third-order valence-corrected chi connectivity index (χ3v) is 5.23. The third-order valence-electron chi connectivity index (χ3n) is 4.92. The lowest BCUT2D eigenvalue weighted by atomic mass is 9.93. The van der Waals surface area contributed by atoms with Gasteiger partial charge >= 0.3 is 0 Å². The van der Waals surface area contributed by atoms with E-state index in [-0.39, 0.29) is 5.91 Å². The van der Waals surface area contributed by atoms with Crippen molar-refractivity contribution >= 4 is 17.5 Å². The molecule has 2 aliphatic rings. The maximum absolute atomic E-state index is 13.1. The number of carbonyl (C=O) groups excluding carboxylic acids is 1. The number of aryl methyl sites for hydroxylation is 1. The number of aliphatic hydroxyl groups excluding tert-OH is 1. The number of aromatic nitrogens is 2. The zero-order valence-electron chi connectivity index (χ0n) is 13.1. The Bertz CT molecular complexity index is 793. The van der Waals surface area contributed by atoms with E-state index in [1.807, 2.05) is 19.1 Å². The first-order valence-electron chi connectivity index (χ1n) is 8.14. The molecule has 1 aromatic carbocycles. The predicted molar refractivity (Wildman–Crippen MR) is 88.2 cm³/mol. The standard InChI is InChI=1S/C18H19ClN2O2/c1-10-13-8-7-12(22)9-16(13)21(20-10)18(23)17-14(11-5-6-11)3-2-4-15(17)19/h2-4,11-12,22H,5-9H2,1H3. The van der Waals surface area contributed by atoms with Crippen molar-refractivity contribution in [3.8, 4) is 0 Å². The van der Waals surface area contributed by atoms with Crippen LogP contribution in [0.5, 0.6) is 0 Å². The summed E-state index contributed by atoms with van der Waals surface area (Å²) in [5.74, 6) is 0.265. The van der Waals surface area contributed by atoms with Gasteiger partial charge in [0.05, 0.1) is 28.1 Å². The van der Waals surface area contributed by atoms with E-state index < -0.39 is 6.10 Å². The van der Waals surface area contributed by atoms with E-state index in [1.54, 1.807) is 6.07 Å². The van der Waals surface area contributed by atoms with Crippen LogP contribution in [0.4, 0.5) is 0 Å². The minimum atomic E-state index is -0.403. The second kappa shape index (κ2) is 5.46. The molecule has 0 spiro atoms. The minimum absolute atomic E-state index is 0.170. The fourth-order valence-electron chi connectivity index (χ4n) is 3.55. The Morgan fingerprint density at radius 3 is 2.87 bits per heavy atom. The first kappa shape index (κ1) is 14.9. The van der Waals surface area contributed by atoms with Gasteiger partial charge in [0.25, 0.3) is 5.91 Å². The summed E-state index contributed by atoms with van der Waals surface area (Å²) in [5.41, 5.74) is 4.42. The maximum Gasteiger partial charge on any atom is 0.280 e. The van der Waals surface area contributed by atoms with Crippen molar-refractivity contribution in [1.29, 1.82) is 0 Å². The van der Waals surface area contributed by atoms with Gasteiger partial charge in [-0.3, -0.25) is 4.79 Å². The van der Waals surface area contributed by atoms with Crippen LogP contribution in [-0.4, -0.2) is 26.9 Å². The number of benzene rings is 1. The SMILES string of the molecule is Cc1nn(C(=O)c2c(Cl)cccc2C2CC2)c2c1CCC(O)C2. The highest BCUT2D eigenvalue weighted by atomic mass is 35.5. The number of nitrogens with zero attached hydrogens (tertiary/aromatic N) is 2. The van der Waals surface area contributed by atoms with Crippen LogP contribution in [0.25, 0.3) is 0 Å². The second-order valence-electron chi connectivity index (χ2n) is 6.60. The number of fused-ring (bicyclic) bond motifs is 1. The number of hydrogen-bond donors (Lipinski definition) is 1. The fourth-order valence-corrected chi connectivity index (χ4v) is 3.82. The molecule has 0 amide bonds. The summed E-state index contributed by atoms with van der Waals surface area (Å²) in [6.07, 6.45) is 3.79. The molecule has 1 atom stereocenters. The fraction of sp³-hybridized carbons (Fsp3) is 0.444. The first-order chi connectivity index (χ1) is 11.1. The summed E-state index contributed by atoms with van der Waals surface area (Å²) in [4.78, 5) is 13.1. The molecule has 0 bridgehead atoms. The third kappa shape index (κ3) is 2.50. The van der Waals surface area contributed by atoms with Crippen LogP contribution in [0, 0.1) is 6.92 Å². The van der Waals surface area contributed by atoms with Gasteiger partial charge in [-0.2, -0.15) is 5.10 Å². The molecular formula is C18H19ClN2O2. The quantitative estimate of drug-likeness (QED) is 0.919. The normalized spacial score (nSPS) is 20.4. The van der Waals surface area contributed by atoms with Crippen LogP contribution in [0.15, 0.2) is 18.2 Å². The molecule has 1 aromatic heterocycles. The lowest BCUT2D eigenvalue weighted by Crippen LogP contribution is -2.25. The van der Waals surface area contributed by atoms with E-state index in [0.717, 1.165) is 48.2 Å². The first-order valence-corrected chi connectivity index (χ1v) is 8.52. The van der Waals surface area contributed by atoms with Gasteiger partial charge in [-0.05, 0) is 55.7 Å². The van der Waals surface area contributed by atoms with E-state index >= 15 is 0 Å². The number of hydrogen-bond acceptors (Lipinski definition) is 3. The molecule has 2 aliphatic carbocycles. The van der Waals surface area contributed by atoms with E-state index in [1.165, 1.54) is 4.68 Å². The zero-order valence-corrected chi connectivity index (χ0v) is 13.8. The van der Waals surface area contributed by atoms with Crippen LogP contribution in [0.1, 0.15) is 58.1 Å². The highest BCUT2D eigenvalue weighted by Crippen LogP contribution is 2.43.